The predicted octanol–water partition coefficient (Wildman–Crippen LogP) is 18.1. The summed E-state index contributed by atoms with van der Waals surface area (Å²) in [4.78, 5) is 72.3. The monoisotopic (exact) mass is 1250 g/mol. The highest BCUT2D eigenvalue weighted by Crippen LogP contribution is 2.45. The van der Waals surface area contributed by atoms with Crippen molar-refractivity contribution in [1.29, 1.82) is 0 Å². The van der Waals surface area contributed by atoms with Crippen molar-refractivity contribution >= 4 is 39.5 Å². The first kappa shape index (κ1) is 83.1. The van der Waals surface area contributed by atoms with Crippen LogP contribution >= 0.6 is 15.6 Å². The predicted molar refractivity (Wildman–Crippen MR) is 340 cm³/mol. The molecule has 19 heteroatoms. The number of esters is 4. The van der Waals surface area contributed by atoms with Crippen molar-refractivity contribution in [3.63, 3.8) is 0 Å². The minimum absolute atomic E-state index is 0.103. The number of carbonyl (C=O) groups is 4. The Morgan fingerprint density at radius 1 is 0.294 bits per heavy atom. The highest BCUT2D eigenvalue weighted by atomic mass is 31.2. The Morgan fingerprint density at radius 2 is 0.494 bits per heavy atom. The van der Waals surface area contributed by atoms with E-state index in [1.807, 2.05) is 0 Å². The molecule has 0 spiro atoms. The number of unbranched alkanes of at least 4 members (excludes halogenated alkanes) is 29. The second-order valence-electron chi connectivity index (χ2n) is 25.8. The van der Waals surface area contributed by atoms with Gasteiger partial charge in [0.25, 0.3) is 0 Å². The third kappa shape index (κ3) is 60.7. The average molecular weight is 1260 g/mol. The quantitative estimate of drug-likeness (QED) is 0.0222. The van der Waals surface area contributed by atoms with Gasteiger partial charge in [-0.1, -0.05) is 267 Å². The van der Waals surface area contributed by atoms with Gasteiger partial charge in [-0.05, 0) is 49.4 Å². The second kappa shape index (κ2) is 56.1. The summed E-state index contributed by atoms with van der Waals surface area (Å²) >= 11 is 0. The van der Waals surface area contributed by atoms with Crippen molar-refractivity contribution in [2.45, 2.75) is 337 Å². The van der Waals surface area contributed by atoms with Crippen LogP contribution in [-0.4, -0.2) is 96.7 Å². The largest absolute Gasteiger partial charge is 0.472 e. The van der Waals surface area contributed by atoms with E-state index < -0.39 is 97.5 Å². The summed E-state index contributed by atoms with van der Waals surface area (Å²) < 4.78 is 68.1. The van der Waals surface area contributed by atoms with E-state index in [4.69, 9.17) is 37.0 Å². The maximum absolute atomic E-state index is 13.0. The molecule has 17 nitrogen and oxygen atoms in total. The zero-order chi connectivity index (χ0) is 63.2. The first-order valence-electron chi connectivity index (χ1n) is 34.2. The van der Waals surface area contributed by atoms with Crippen LogP contribution in [0.25, 0.3) is 0 Å². The van der Waals surface area contributed by atoms with Gasteiger partial charge >= 0.3 is 39.5 Å². The average Bonchev–Trinajstić information content (AvgIpc) is 3.56. The van der Waals surface area contributed by atoms with E-state index in [1.54, 1.807) is 0 Å². The standard InChI is InChI=1S/C66H128O17P2/c1-56(2)42-34-26-18-11-9-10-12-23-32-40-48-65(70)82-61(52-76-63(68)46-38-30-22-15-13-19-27-35-43-57(3)4)54-80-84(72,73)78-50-60(67)51-79-85(74,75)81-55-62(53-77-64(69)47-39-31-25-17-21-29-37-45-59(7)8)83-66(71)49-41-33-24-16-14-20-28-36-44-58(5)6/h56-62,67H,9-55H2,1-8H3,(H,72,73)(H,74,75)/t60?,61-,62-/m1/s1. The van der Waals surface area contributed by atoms with E-state index in [0.29, 0.717) is 31.6 Å². The Balaban J connectivity index is 5.26. The summed E-state index contributed by atoms with van der Waals surface area (Å²) in [7, 11) is -9.89. The lowest BCUT2D eigenvalue weighted by Gasteiger charge is -2.21. The molecular weight excluding hydrogens is 1130 g/mol. The molecule has 0 bridgehead atoms. The first-order chi connectivity index (χ1) is 40.6. The number of carbonyl (C=O) groups excluding carboxylic acids is 4. The molecule has 0 aromatic heterocycles. The SMILES string of the molecule is CC(C)CCCCCCCCCCCCC(=O)O[C@H](COC(=O)CCCCCCCCCCC(C)C)COP(=O)(O)OCC(O)COP(=O)(O)OC[C@@H](COC(=O)CCCCCCCCCC(C)C)OC(=O)CCCCCCCCCCC(C)C. The molecule has 3 N–H and O–H groups in total. The van der Waals surface area contributed by atoms with Gasteiger partial charge in [-0.3, -0.25) is 37.3 Å². The summed E-state index contributed by atoms with van der Waals surface area (Å²) in [5.41, 5.74) is 0. The molecule has 0 rings (SSSR count). The molecule has 0 amide bonds. The number of phosphoric ester groups is 2. The highest BCUT2D eigenvalue weighted by Gasteiger charge is 2.30. The molecule has 0 aliphatic heterocycles. The summed E-state index contributed by atoms with van der Waals surface area (Å²) in [6.07, 6.45) is 36.3. The molecule has 0 aromatic rings. The molecule has 0 heterocycles. The van der Waals surface area contributed by atoms with E-state index in [1.165, 1.54) is 116 Å². The van der Waals surface area contributed by atoms with Crippen molar-refractivity contribution in [1.82, 2.24) is 0 Å². The molecule has 85 heavy (non-hydrogen) atoms. The number of hydrogen-bond donors (Lipinski definition) is 3. The van der Waals surface area contributed by atoms with E-state index >= 15 is 0 Å². The number of aliphatic hydroxyl groups excluding tert-OH is 1. The maximum Gasteiger partial charge on any atom is 0.472 e. The number of aliphatic hydroxyl groups is 1. The van der Waals surface area contributed by atoms with Gasteiger partial charge in [-0.25, -0.2) is 9.13 Å². The molecule has 504 valence electrons. The van der Waals surface area contributed by atoms with Gasteiger partial charge in [0.1, 0.15) is 19.3 Å². The molecule has 0 aliphatic carbocycles. The van der Waals surface area contributed by atoms with Crippen molar-refractivity contribution in [3.8, 4) is 0 Å². The molecule has 0 radical (unpaired) electrons. The van der Waals surface area contributed by atoms with Gasteiger partial charge in [-0.15, -0.1) is 0 Å². The van der Waals surface area contributed by atoms with Crippen molar-refractivity contribution in [2.75, 3.05) is 39.6 Å². The Morgan fingerprint density at radius 3 is 0.729 bits per heavy atom. The highest BCUT2D eigenvalue weighted by molar-refractivity contribution is 7.47. The van der Waals surface area contributed by atoms with Crippen LogP contribution in [-0.2, 0) is 65.4 Å². The van der Waals surface area contributed by atoms with Gasteiger partial charge in [0, 0.05) is 25.7 Å². The van der Waals surface area contributed by atoms with Crippen LogP contribution < -0.4 is 0 Å². The third-order valence-electron chi connectivity index (χ3n) is 15.1. The molecule has 3 unspecified atom stereocenters. The molecule has 0 saturated carbocycles. The third-order valence-corrected chi connectivity index (χ3v) is 17.0. The normalized spacial score (nSPS) is 14.4. The minimum Gasteiger partial charge on any atom is -0.462 e. The number of phosphoric acid groups is 2. The smallest absolute Gasteiger partial charge is 0.462 e. The molecule has 0 fully saturated rings. The lowest BCUT2D eigenvalue weighted by molar-refractivity contribution is -0.161. The van der Waals surface area contributed by atoms with Gasteiger partial charge in [0.05, 0.1) is 26.4 Å². The summed E-state index contributed by atoms with van der Waals surface area (Å²) in [6.45, 7) is 14.0. The topological polar surface area (TPSA) is 237 Å². The lowest BCUT2D eigenvalue weighted by atomic mass is 10.0. The molecule has 0 saturated heterocycles. The van der Waals surface area contributed by atoms with E-state index in [9.17, 15) is 43.2 Å². The zero-order valence-electron chi connectivity index (χ0n) is 55.2. The van der Waals surface area contributed by atoms with Gasteiger partial charge in [-0.2, -0.15) is 0 Å². The van der Waals surface area contributed by atoms with Crippen molar-refractivity contribution in [3.05, 3.63) is 0 Å². The molecule has 0 aliphatic rings. The number of rotatable bonds is 63. The Kier molecular flexibility index (Phi) is 54.8. The fraction of sp³-hybridized carbons (Fsp3) is 0.939. The maximum atomic E-state index is 13.0. The van der Waals surface area contributed by atoms with Crippen molar-refractivity contribution in [2.24, 2.45) is 23.7 Å². The van der Waals surface area contributed by atoms with Crippen LogP contribution in [0.15, 0.2) is 0 Å². The van der Waals surface area contributed by atoms with Crippen LogP contribution in [0.3, 0.4) is 0 Å². The number of ether oxygens (including phenoxy) is 4. The van der Waals surface area contributed by atoms with Crippen LogP contribution in [0.4, 0.5) is 0 Å². The van der Waals surface area contributed by atoms with Gasteiger partial charge in [0.15, 0.2) is 12.2 Å². The van der Waals surface area contributed by atoms with Crippen LogP contribution in [0, 0.1) is 23.7 Å². The Labute approximate surface area is 517 Å². The van der Waals surface area contributed by atoms with E-state index in [0.717, 1.165) is 114 Å². The van der Waals surface area contributed by atoms with E-state index in [2.05, 4.69) is 55.4 Å². The second-order valence-corrected chi connectivity index (χ2v) is 28.7. The fourth-order valence-electron chi connectivity index (χ4n) is 9.78. The molecule has 0 aromatic carbocycles. The first-order valence-corrected chi connectivity index (χ1v) is 37.2. The van der Waals surface area contributed by atoms with Crippen LogP contribution in [0.1, 0.15) is 319 Å². The Hall–Kier alpha value is -1.94. The Bertz CT molecular complexity index is 1700. The van der Waals surface area contributed by atoms with Crippen LogP contribution in [0.5, 0.6) is 0 Å². The minimum atomic E-state index is -4.95. The molecular formula is C66H128O17P2. The summed E-state index contributed by atoms with van der Waals surface area (Å²) in [6, 6.07) is 0. The van der Waals surface area contributed by atoms with Crippen molar-refractivity contribution < 1.29 is 80.2 Å². The number of hydrogen-bond acceptors (Lipinski definition) is 15. The lowest BCUT2D eigenvalue weighted by Crippen LogP contribution is -2.30. The summed E-state index contributed by atoms with van der Waals surface area (Å²) in [5, 5.41) is 10.6. The zero-order valence-corrected chi connectivity index (χ0v) is 57.0. The summed E-state index contributed by atoms with van der Waals surface area (Å²) in [5.74, 6) is 0.764. The van der Waals surface area contributed by atoms with Gasteiger partial charge < -0.3 is 33.8 Å². The van der Waals surface area contributed by atoms with E-state index in [-0.39, 0.29) is 25.7 Å². The van der Waals surface area contributed by atoms with Crippen LogP contribution in [0.2, 0.25) is 0 Å². The van der Waals surface area contributed by atoms with Gasteiger partial charge in [0.2, 0.25) is 0 Å². The molecule has 5 atom stereocenters. The fourth-order valence-corrected chi connectivity index (χ4v) is 11.4.